The van der Waals surface area contributed by atoms with Crippen LogP contribution in [0.25, 0.3) is 0 Å². The van der Waals surface area contributed by atoms with Crippen LogP contribution < -0.4 is 11.1 Å². The van der Waals surface area contributed by atoms with Crippen molar-refractivity contribution in [2.24, 2.45) is 5.73 Å². The Hall–Kier alpha value is -2.50. The average molecular weight is 229 g/mol. The SMILES string of the molecule is NC(=O)c1ccc(NCc2ccncc2)nn1. The van der Waals surface area contributed by atoms with Crippen molar-refractivity contribution in [2.45, 2.75) is 6.54 Å². The molecule has 0 aliphatic carbocycles. The molecule has 0 saturated heterocycles. The highest BCUT2D eigenvalue weighted by Gasteiger charge is 2.02. The molecule has 2 aromatic rings. The van der Waals surface area contributed by atoms with E-state index < -0.39 is 5.91 Å². The number of carbonyl (C=O) groups is 1. The Kier molecular flexibility index (Phi) is 3.25. The van der Waals surface area contributed by atoms with E-state index in [1.54, 1.807) is 18.5 Å². The predicted octanol–water partition coefficient (Wildman–Crippen LogP) is 0.583. The van der Waals surface area contributed by atoms with Crippen molar-refractivity contribution >= 4 is 11.7 Å². The van der Waals surface area contributed by atoms with E-state index in [1.165, 1.54) is 6.07 Å². The van der Waals surface area contributed by atoms with Gasteiger partial charge in [-0.05, 0) is 29.8 Å². The third-order valence-corrected chi connectivity index (χ3v) is 2.14. The summed E-state index contributed by atoms with van der Waals surface area (Å²) in [5, 5.41) is 10.6. The topological polar surface area (TPSA) is 93.8 Å². The van der Waals surface area contributed by atoms with Crippen LogP contribution in [0.2, 0.25) is 0 Å². The number of nitrogens with two attached hydrogens (primary N) is 1. The first-order valence-corrected chi connectivity index (χ1v) is 5.02. The van der Waals surface area contributed by atoms with E-state index in [9.17, 15) is 4.79 Å². The number of amides is 1. The van der Waals surface area contributed by atoms with E-state index in [0.717, 1.165) is 5.56 Å². The van der Waals surface area contributed by atoms with Gasteiger partial charge in [0.1, 0.15) is 5.82 Å². The zero-order valence-electron chi connectivity index (χ0n) is 9.00. The number of aromatic nitrogens is 3. The van der Waals surface area contributed by atoms with Gasteiger partial charge < -0.3 is 11.1 Å². The third kappa shape index (κ3) is 2.97. The lowest BCUT2D eigenvalue weighted by Gasteiger charge is -2.04. The molecule has 0 aliphatic heterocycles. The Bertz CT molecular complexity index is 497. The first-order chi connectivity index (χ1) is 8.25. The molecule has 0 fully saturated rings. The van der Waals surface area contributed by atoms with E-state index in [-0.39, 0.29) is 5.69 Å². The zero-order chi connectivity index (χ0) is 12.1. The zero-order valence-corrected chi connectivity index (χ0v) is 9.00. The first-order valence-electron chi connectivity index (χ1n) is 5.02. The van der Waals surface area contributed by atoms with Crippen LogP contribution in [0.3, 0.4) is 0 Å². The van der Waals surface area contributed by atoms with Gasteiger partial charge in [-0.15, -0.1) is 10.2 Å². The van der Waals surface area contributed by atoms with Crippen LogP contribution >= 0.6 is 0 Å². The molecule has 0 atom stereocenters. The number of anilines is 1. The van der Waals surface area contributed by atoms with Crippen molar-refractivity contribution in [3.63, 3.8) is 0 Å². The summed E-state index contributed by atoms with van der Waals surface area (Å²) in [6.07, 6.45) is 3.44. The molecule has 0 radical (unpaired) electrons. The molecule has 0 bridgehead atoms. The molecule has 86 valence electrons. The van der Waals surface area contributed by atoms with Crippen molar-refractivity contribution in [3.05, 3.63) is 47.9 Å². The standard InChI is InChI=1S/C11H11N5O/c12-11(17)9-1-2-10(16-15-9)14-7-8-3-5-13-6-4-8/h1-6H,7H2,(H2,12,17)(H,14,16). The second-order valence-electron chi connectivity index (χ2n) is 3.38. The number of hydrogen-bond acceptors (Lipinski definition) is 5. The Balaban J connectivity index is 1.98. The summed E-state index contributed by atoms with van der Waals surface area (Å²) in [7, 11) is 0. The predicted molar refractivity (Wildman–Crippen MR) is 62.1 cm³/mol. The summed E-state index contributed by atoms with van der Waals surface area (Å²) < 4.78 is 0. The number of carbonyl (C=O) groups excluding carboxylic acids is 1. The van der Waals surface area contributed by atoms with E-state index >= 15 is 0 Å². The molecule has 0 saturated carbocycles. The molecular weight excluding hydrogens is 218 g/mol. The van der Waals surface area contributed by atoms with Gasteiger partial charge >= 0.3 is 0 Å². The fourth-order valence-electron chi connectivity index (χ4n) is 1.25. The lowest BCUT2D eigenvalue weighted by atomic mass is 10.3. The highest BCUT2D eigenvalue weighted by atomic mass is 16.1. The van der Waals surface area contributed by atoms with Gasteiger partial charge in [-0.25, -0.2) is 0 Å². The summed E-state index contributed by atoms with van der Waals surface area (Å²) >= 11 is 0. The van der Waals surface area contributed by atoms with Crippen molar-refractivity contribution in [2.75, 3.05) is 5.32 Å². The van der Waals surface area contributed by atoms with Crippen molar-refractivity contribution in [1.29, 1.82) is 0 Å². The van der Waals surface area contributed by atoms with Crippen LogP contribution in [0.15, 0.2) is 36.7 Å². The minimum atomic E-state index is -0.585. The molecule has 2 aromatic heterocycles. The average Bonchev–Trinajstić information content (AvgIpc) is 2.38. The molecule has 3 N–H and O–H groups in total. The Morgan fingerprint density at radius 3 is 2.53 bits per heavy atom. The molecule has 0 unspecified atom stereocenters. The van der Waals surface area contributed by atoms with Crippen LogP contribution in [-0.4, -0.2) is 21.1 Å². The van der Waals surface area contributed by atoms with Gasteiger partial charge in [0.25, 0.3) is 5.91 Å². The molecule has 6 heteroatoms. The molecule has 1 amide bonds. The monoisotopic (exact) mass is 229 g/mol. The number of nitrogens with one attached hydrogen (secondary N) is 1. The van der Waals surface area contributed by atoms with Crippen molar-refractivity contribution in [1.82, 2.24) is 15.2 Å². The number of hydrogen-bond donors (Lipinski definition) is 2. The molecule has 0 spiro atoms. The van der Waals surface area contributed by atoms with Crippen LogP contribution in [0.4, 0.5) is 5.82 Å². The van der Waals surface area contributed by atoms with Gasteiger partial charge in [0.15, 0.2) is 5.69 Å². The molecule has 0 aromatic carbocycles. The largest absolute Gasteiger partial charge is 0.365 e. The lowest BCUT2D eigenvalue weighted by Crippen LogP contribution is -2.14. The normalized spacial score (nSPS) is 9.88. The van der Waals surface area contributed by atoms with E-state index in [0.29, 0.717) is 12.4 Å². The minimum Gasteiger partial charge on any atom is -0.365 e. The minimum absolute atomic E-state index is 0.152. The van der Waals surface area contributed by atoms with Crippen LogP contribution in [0.5, 0.6) is 0 Å². The van der Waals surface area contributed by atoms with Crippen molar-refractivity contribution < 1.29 is 4.79 Å². The fourth-order valence-corrected chi connectivity index (χ4v) is 1.25. The number of rotatable bonds is 4. The molecular formula is C11H11N5O. The quantitative estimate of drug-likeness (QED) is 0.799. The van der Waals surface area contributed by atoms with Gasteiger partial charge in [-0.3, -0.25) is 9.78 Å². The van der Waals surface area contributed by atoms with Crippen LogP contribution in [0, 0.1) is 0 Å². The number of nitrogens with zero attached hydrogens (tertiary/aromatic N) is 3. The number of primary amides is 1. The van der Waals surface area contributed by atoms with Gasteiger partial charge in [0.2, 0.25) is 0 Å². The fraction of sp³-hybridized carbons (Fsp3) is 0.0909. The Morgan fingerprint density at radius 1 is 1.18 bits per heavy atom. The second kappa shape index (κ2) is 5.02. The molecule has 17 heavy (non-hydrogen) atoms. The van der Waals surface area contributed by atoms with E-state index in [2.05, 4.69) is 20.5 Å². The van der Waals surface area contributed by atoms with E-state index in [4.69, 9.17) is 5.73 Å². The lowest BCUT2D eigenvalue weighted by molar-refractivity contribution is 0.0994. The Morgan fingerprint density at radius 2 is 1.94 bits per heavy atom. The van der Waals surface area contributed by atoms with Gasteiger partial charge in [-0.2, -0.15) is 0 Å². The van der Waals surface area contributed by atoms with E-state index in [1.807, 2.05) is 12.1 Å². The maximum atomic E-state index is 10.8. The summed E-state index contributed by atoms with van der Waals surface area (Å²) in [6, 6.07) is 6.99. The van der Waals surface area contributed by atoms with Gasteiger partial charge in [0, 0.05) is 18.9 Å². The maximum absolute atomic E-state index is 10.8. The maximum Gasteiger partial charge on any atom is 0.269 e. The third-order valence-electron chi connectivity index (χ3n) is 2.14. The highest BCUT2D eigenvalue weighted by Crippen LogP contribution is 2.04. The van der Waals surface area contributed by atoms with Gasteiger partial charge in [0.05, 0.1) is 0 Å². The van der Waals surface area contributed by atoms with Crippen molar-refractivity contribution in [3.8, 4) is 0 Å². The molecule has 2 heterocycles. The highest BCUT2D eigenvalue weighted by molar-refractivity contribution is 5.90. The molecule has 0 aliphatic rings. The summed E-state index contributed by atoms with van der Waals surface area (Å²) in [4.78, 5) is 14.7. The van der Waals surface area contributed by atoms with Crippen LogP contribution in [0.1, 0.15) is 16.1 Å². The summed E-state index contributed by atoms with van der Waals surface area (Å²) in [5.74, 6) is 0.00463. The second-order valence-corrected chi connectivity index (χ2v) is 3.38. The van der Waals surface area contributed by atoms with Gasteiger partial charge in [-0.1, -0.05) is 0 Å². The summed E-state index contributed by atoms with van der Waals surface area (Å²) in [6.45, 7) is 0.618. The number of pyridine rings is 1. The smallest absolute Gasteiger partial charge is 0.269 e. The Labute approximate surface area is 97.9 Å². The first kappa shape index (κ1) is 11.0. The molecule has 2 rings (SSSR count). The molecule has 6 nitrogen and oxygen atoms in total. The van der Waals surface area contributed by atoms with Crippen LogP contribution in [-0.2, 0) is 6.54 Å². The summed E-state index contributed by atoms with van der Waals surface area (Å²) in [5.41, 5.74) is 6.30.